The Labute approximate surface area is 193 Å². The zero-order valence-corrected chi connectivity index (χ0v) is 19.6. The number of carbonyl (C=O) groups excluding carboxylic acids is 2. The molecule has 1 fully saturated rings. The second-order valence-electron chi connectivity index (χ2n) is 5.66. The molecule has 3 rings (SSSR count). The number of carbonyl (C=O) groups is 2. The van der Waals surface area contributed by atoms with E-state index in [4.69, 9.17) is 17.0 Å². The van der Waals surface area contributed by atoms with Crippen molar-refractivity contribution in [3.63, 3.8) is 0 Å². The van der Waals surface area contributed by atoms with Crippen molar-refractivity contribution in [1.29, 1.82) is 0 Å². The van der Waals surface area contributed by atoms with Crippen LogP contribution in [0.25, 0.3) is 6.08 Å². The van der Waals surface area contributed by atoms with E-state index in [0.717, 1.165) is 17.8 Å². The first-order chi connectivity index (χ1) is 13.3. The third-order valence-electron chi connectivity index (χ3n) is 3.82. The molecule has 0 aromatic heterocycles. The number of rotatable bonds is 4. The van der Waals surface area contributed by atoms with Crippen molar-refractivity contribution in [2.45, 2.75) is 6.92 Å². The van der Waals surface area contributed by atoms with Crippen molar-refractivity contribution in [1.82, 2.24) is 5.32 Å². The Balaban J connectivity index is 2.04. The number of halogens is 3. The summed E-state index contributed by atoms with van der Waals surface area (Å²) in [6, 6.07) is 9.36. The number of ether oxygens (including phenoxy) is 1. The summed E-state index contributed by atoms with van der Waals surface area (Å²) in [5.41, 5.74) is 0.504. The zero-order valence-electron chi connectivity index (χ0n) is 14.5. The lowest BCUT2D eigenvalue weighted by atomic mass is 10.1. The molecule has 2 aromatic carbocycles. The van der Waals surface area contributed by atoms with E-state index in [0.29, 0.717) is 12.2 Å². The Morgan fingerprint density at radius 1 is 1.21 bits per heavy atom. The molecule has 2 aromatic rings. The summed E-state index contributed by atoms with van der Waals surface area (Å²) in [6.45, 7) is 2.43. The van der Waals surface area contributed by atoms with Crippen LogP contribution in [0.4, 0.5) is 10.1 Å². The van der Waals surface area contributed by atoms with Gasteiger partial charge in [-0.1, -0.05) is 12.1 Å². The maximum atomic E-state index is 14.2. The van der Waals surface area contributed by atoms with E-state index >= 15 is 0 Å². The molecule has 144 valence electrons. The molecule has 1 N–H and O–H groups in total. The van der Waals surface area contributed by atoms with Crippen molar-refractivity contribution >= 4 is 86.1 Å². The smallest absolute Gasteiger partial charge is 0.270 e. The van der Waals surface area contributed by atoms with Gasteiger partial charge in [-0.25, -0.2) is 9.29 Å². The molecule has 1 aliphatic rings. The summed E-state index contributed by atoms with van der Waals surface area (Å²) in [5.74, 6) is -1.17. The van der Waals surface area contributed by atoms with Crippen LogP contribution in [0.5, 0.6) is 5.75 Å². The first kappa shape index (κ1) is 21.1. The number of nitrogens with one attached hydrogen (secondary N) is 1. The standard InChI is InChI=1S/C19H13FI2N2O3S/c1-2-27-16-13(21)8-10(9-14(16)22)7-11-17(25)23-19(28)24(18(11)26)15-6-4-3-5-12(15)20/h3-9H,2H2,1H3,(H,23,25,28)/b11-7+. The van der Waals surface area contributed by atoms with E-state index in [9.17, 15) is 14.0 Å². The Bertz CT molecular complexity index is 1000. The third-order valence-corrected chi connectivity index (χ3v) is 5.70. The lowest BCUT2D eigenvalue weighted by molar-refractivity contribution is -0.122. The number of amides is 2. The molecule has 0 unspecified atom stereocenters. The molecule has 9 heteroatoms. The molecule has 5 nitrogen and oxygen atoms in total. The second-order valence-corrected chi connectivity index (χ2v) is 8.37. The topological polar surface area (TPSA) is 58.6 Å². The number of thiocarbonyl (C=S) groups is 1. The van der Waals surface area contributed by atoms with Crippen LogP contribution >= 0.6 is 57.4 Å². The SMILES string of the molecule is CCOc1c(I)cc(/C=C2\C(=O)NC(=S)N(c3ccccc3F)C2=O)cc1I. The van der Waals surface area contributed by atoms with Gasteiger partial charge in [-0.05, 0) is 100 Å². The fourth-order valence-electron chi connectivity index (χ4n) is 2.62. The van der Waals surface area contributed by atoms with Gasteiger partial charge in [0.1, 0.15) is 17.1 Å². The van der Waals surface area contributed by atoms with Crippen molar-refractivity contribution in [2.24, 2.45) is 0 Å². The van der Waals surface area contributed by atoms with Gasteiger partial charge < -0.3 is 4.74 Å². The summed E-state index contributed by atoms with van der Waals surface area (Å²) in [6.07, 6.45) is 1.47. The third kappa shape index (κ3) is 4.20. The quantitative estimate of drug-likeness (QED) is 0.240. The van der Waals surface area contributed by atoms with Crippen molar-refractivity contribution in [3.8, 4) is 5.75 Å². The largest absolute Gasteiger partial charge is 0.492 e. The van der Waals surface area contributed by atoms with Crippen LogP contribution in [0.1, 0.15) is 12.5 Å². The highest BCUT2D eigenvalue weighted by atomic mass is 127. The van der Waals surface area contributed by atoms with Gasteiger partial charge in [0.05, 0.1) is 19.4 Å². The lowest BCUT2D eigenvalue weighted by Gasteiger charge is -2.29. The summed E-state index contributed by atoms with van der Waals surface area (Å²) in [7, 11) is 0. The van der Waals surface area contributed by atoms with Gasteiger partial charge in [-0.2, -0.15) is 0 Å². The zero-order chi connectivity index (χ0) is 20.4. The first-order valence-corrected chi connectivity index (χ1v) is 10.7. The number of hydrogen-bond donors (Lipinski definition) is 1. The van der Waals surface area contributed by atoms with Crippen LogP contribution in [-0.4, -0.2) is 23.5 Å². The number of hydrogen-bond acceptors (Lipinski definition) is 4. The summed E-state index contributed by atoms with van der Waals surface area (Å²) in [4.78, 5) is 26.3. The van der Waals surface area contributed by atoms with E-state index < -0.39 is 17.6 Å². The van der Waals surface area contributed by atoms with E-state index in [-0.39, 0.29) is 16.4 Å². The molecule has 0 spiro atoms. The van der Waals surface area contributed by atoms with Crippen LogP contribution < -0.4 is 15.0 Å². The predicted molar refractivity (Wildman–Crippen MR) is 126 cm³/mol. The monoisotopic (exact) mass is 622 g/mol. The second kappa shape index (κ2) is 8.82. The van der Waals surface area contributed by atoms with Gasteiger partial charge in [0, 0.05) is 0 Å². The number of para-hydroxylation sites is 1. The van der Waals surface area contributed by atoms with Gasteiger partial charge in [-0.15, -0.1) is 0 Å². The van der Waals surface area contributed by atoms with Crippen molar-refractivity contribution < 1.29 is 18.7 Å². The molecule has 0 atom stereocenters. The Morgan fingerprint density at radius 2 is 1.86 bits per heavy atom. The number of anilines is 1. The average molecular weight is 622 g/mol. The summed E-state index contributed by atoms with van der Waals surface area (Å²) < 4.78 is 21.5. The molecule has 0 saturated carbocycles. The minimum absolute atomic E-state index is 0.0146. The van der Waals surface area contributed by atoms with Gasteiger partial charge >= 0.3 is 0 Å². The van der Waals surface area contributed by atoms with E-state index in [2.05, 4.69) is 50.5 Å². The highest BCUT2D eigenvalue weighted by Crippen LogP contribution is 2.31. The molecule has 1 aliphatic heterocycles. The minimum atomic E-state index is -0.683. The Morgan fingerprint density at radius 3 is 2.46 bits per heavy atom. The normalized spacial score (nSPS) is 15.8. The molecular formula is C19H13FI2N2O3S. The first-order valence-electron chi connectivity index (χ1n) is 8.11. The van der Waals surface area contributed by atoms with E-state index in [1.165, 1.54) is 24.3 Å². The Hall–Kier alpha value is -1.60. The minimum Gasteiger partial charge on any atom is -0.492 e. The maximum Gasteiger partial charge on any atom is 0.270 e. The highest BCUT2D eigenvalue weighted by Gasteiger charge is 2.35. The number of nitrogens with zero attached hydrogens (tertiary/aromatic N) is 1. The lowest BCUT2D eigenvalue weighted by Crippen LogP contribution is -2.54. The Kier molecular flexibility index (Phi) is 6.65. The van der Waals surface area contributed by atoms with Crippen LogP contribution in [0, 0.1) is 13.0 Å². The fraction of sp³-hybridized carbons (Fsp3) is 0.105. The molecule has 2 amide bonds. The number of benzene rings is 2. The average Bonchev–Trinajstić information content (AvgIpc) is 2.63. The van der Waals surface area contributed by atoms with E-state index in [1.54, 1.807) is 6.07 Å². The van der Waals surface area contributed by atoms with E-state index in [1.807, 2.05) is 19.1 Å². The van der Waals surface area contributed by atoms with Gasteiger partial charge in [0.2, 0.25) is 0 Å². The van der Waals surface area contributed by atoms with Crippen molar-refractivity contribution in [3.05, 3.63) is 60.5 Å². The molecule has 1 heterocycles. The molecule has 0 bridgehead atoms. The van der Waals surface area contributed by atoms with Crippen molar-refractivity contribution in [2.75, 3.05) is 11.5 Å². The molecule has 0 radical (unpaired) electrons. The molecular weight excluding hydrogens is 609 g/mol. The molecule has 0 aliphatic carbocycles. The predicted octanol–water partition coefficient (Wildman–Crippen LogP) is 4.26. The van der Waals surface area contributed by atoms with Crippen LogP contribution in [0.15, 0.2) is 42.0 Å². The highest BCUT2D eigenvalue weighted by molar-refractivity contribution is 14.1. The van der Waals surface area contributed by atoms with Crippen LogP contribution in [-0.2, 0) is 9.59 Å². The summed E-state index contributed by atoms with van der Waals surface area (Å²) in [5, 5.41) is 2.29. The molecule has 1 saturated heterocycles. The van der Waals surface area contributed by atoms with Crippen LogP contribution in [0.2, 0.25) is 0 Å². The van der Waals surface area contributed by atoms with Gasteiger partial charge in [0.25, 0.3) is 11.8 Å². The molecule has 28 heavy (non-hydrogen) atoms. The fourth-order valence-corrected chi connectivity index (χ4v) is 5.02. The van der Waals surface area contributed by atoms with Crippen LogP contribution in [0.3, 0.4) is 0 Å². The summed E-state index contributed by atoms with van der Waals surface area (Å²) >= 11 is 9.36. The van der Waals surface area contributed by atoms with Gasteiger partial charge in [-0.3, -0.25) is 14.9 Å². The van der Waals surface area contributed by atoms with Gasteiger partial charge in [0.15, 0.2) is 5.11 Å². The maximum absolute atomic E-state index is 14.2.